The van der Waals surface area contributed by atoms with Crippen molar-refractivity contribution in [2.45, 2.75) is 12.0 Å². The first-order chi connectivity index (χ1) is 11.2. The minimum absolute atomic E-state index is 0.00235. The van der Waals surface area contributed by atoms with Gasteiger partial charge < -0.3 is 14.2 Å². The van der Waals surface area contributed by atoms with Crippen LogP contribution >= 0.6 is 0 Å². The molecule has 5 heteroatoms. The SMILES string of the molecule is COCO[C@@H](c1ccc(F)cc1)[C@H](C(=O)OC)c1ccccc1. The van der Waals surface area contributed by atoms with Crippen LogP contribution in [0, 0.1) is 5.82 Å². The van der Waals surface area contributed by atoms with Crippen LogP contribution in [0.3, 0.4) is 0 Å². The Morgan fingerprint density at radius 3 is 2.22 bits per heavy atom. The van der Waals surface area contributed by atoms with Crippen LogP contribution in [-0.2, 0) is 19.0 Å². The molecular formula is C18H19FO4. The van der Waals surface area contributed by atoms with E-state index in [9.17, 15) is 9.18 Å². The average Bonchev–Trinajstić information content (AvgIpc) is 2.59. The lowest BCUT2D eigenvalue weighted by atomic mass is 9.89. The highest BCUT2D eigenvalue weighted by Crippen LogP contribution is 2.35. The van der Waals surface area contributed by atoms with Gasteiger partial charge >= 0.3 is 5.97 Å². The molecule has 0 N–H and O–H groups in total. The third-order valence-electron chi connectivity index (χ3n) is 3.48. The largest absolute Gasteiger partial charge is 0.468 e. The van der Waals surface area contributed by atoms with E-state index in [1.807, 2.05) is 30.3 Å². The van der Waals surface area contributed by atoms with Gasteiger partial charge in [0.1, 0.15) is 24.6 Å². The highest BCUT2D eigenvalue weighted by Gasteiger charge is 2.33. The number of esters is 1. The summed E-state index contributed by atoms with van der Waals surface area (Å²) in [4.78, 5) is 12.3. The van der Waals surface area contributed by atoms with Crippen molar-refractivity contribution in [2.24, 2.45) is 0 Å². The number of ether oxygens (including phenoxy) is 3. The first kappa shape index (κ1) is 17.1. The van der Waals surface area contributed by atoms with Crippen molar-refractivity contribution in [1.82, 2.24) is 0 Å². The van der Waals surface area contributed by atoms with E-state index in [2.05, 4.69) is 0 Å². The summed E-state index contributed by atoms with van der Waals surface area (Å²) in [7, 11) is 2.83. The first-order valence-corrected chi connectivity index (χ1v) is 7.16. The molecule has 0 bridgehead atoms. The molecule has 0 heterocycles. The van der Waals surface area contributed by atoms with E-state index in [-0.39, 0.29) is 12.6 Å². The zero-order valence-corrected chi connectivity index (χ0v) is 13.1. The zero-order chi connectivity index (χ0) is 16.7. The third kappa shape index (κ3) is 4.37. The smallest absolute Gasteiger partial charge is 0.316 e. The van der Waals surface area contributed by atoms with Gasteiger partial charge in [-0.1, -0.05) is 42.5 Å². The van der Waals surface area contributed by atoms with Crippen LogP contribution in [0.2, 0.25) is 0 Å². The molecule has 0 aromatic heterocycles. The normalized spacial score (nSPS) is 13.3. The van der Waals surface area contributed by atoms with Crippen molar-refractivity contribution in [3.05, 3.63) is 71.5 Å². The minimum Gasteiger partial charge on any atom is -0.468 e. The molecule has 0 saturated carbocycles. The molecule has 4 nitrogen and oxygen atoms in total. The Morgan fingerprint density at radius 1 is 1.00 bits per heavy atom. The van der Waals surface area contributed by atoms with Crippen LogP contribution in [0.4, 0.5) is 4.39 Å². The van der Waals surface area contributed by atoms with Gasteiger partial charge in [0.2, 0.25) is 0 Å². The fraction of sp³-hybridized carbons (Fsp3) is 0.278. The highest BCUT2D eigenvalue weighted by molar-refractivity contribution is 5.79. The highest BCUT2D eigenvalue weighted by atomic mass is 19.1. The van der Waals surface area contributed by atoms with Crippen molar-refractivity contribution in [3.8, 4) is 0 Å². The Hall–Kier alpha value is -2.24. The molecule has 0 aliphatic carbocycles. The molecule has 0 unspecified atom stereocenters. The van der Waals surface area contributed by atoms with Crippen molar-refractivity contribution in [2.75, 3.05) is 21.0 Å². The molecule has 0 aliphatic heterocycles. The number of rotatable bonds is 7. The van der Waals surface area contributed by atoms with Crippen LogP contribution < -0.4 is 0 Å². The van der Waals surface area contributed by atoms with Gasteiger partial charge in [-0.15, -0.1) is 0 Å². The zero-order valence-electron chi connectivity index (χ0n) is 13.1. The van der Waals surface area contributed by atoms with Gasteiger partial charge in [0, 0.05) is 7.11 Å². The lowest BCUT2D eigenvalue weighted by Gasteiger charge is -2.26. The summed E-state index contributed by atoms with van der Waals surface area (Å²) in [6.45, 7) is 0.00235. The molecule has 2 aromatic carbocycles. The molecular weight excluding hydrogens is 299 g/mol. The molecule has 0 aliphatic rings. The number of carbonyl (C=O) groups is 1. The number of hydrogen-bond donors (Lipinski definition) is 0. The fourth-order valence-electron chi connectivity index (χ4n) is 2.40. The van der Waals surface area contributed by atoms with Gasteiger partial charge in [-0.25, -0.2) is 4.39 Å². The molecule has 2 aromatic rings. The number of hydrogen-bond acceptors (Lipinski definition) is 4. The van der Waals surface area contributed by atoms with Gasteiger partial charge in [0.15, 0.2) is 0 Å². The maximum absolute atomic E-state index is 13.2. The third-order valence-corrected chi connectivity index (χ3v) is 3.48. The number of benzene rings is 2. The summed E-state index contributed by atoms with van der Waals surface area (Å²) in [5.74, 6) is -1.46. The first-order valence-electron chi connectivity index (χ1n) is 7.16. The molecule has 0 saturated heterocycles. The molecule has 2 atom stereocenters. The average molecular weight is 318 g/mol. The summed E-state index contributed by atoms with van der Waals surface area (Å²) in [5.41, 5.74) is 1.42. The van der Waals surface area contributed by atoms with E-state index in [0.717, 1.165) is 5.56 Å². The van der Waals surface area contributed by atoms with Crippen molar-refractivity contribution in [3.63, 3.8) is 0 Å². The maximum Gasteiger partial charge on any atom is 0.316 e. The summed E-state index contributed by atoms with van der Waals surface area (Å²) in [6.07, 6.45) is -0.648. The van der Waals surface area contributed by atoms with Crippen LogP contribution in [0.1, 0.15) is 23.1 Å². The van der Waals surface area contributed by atoms with E-state index < -0.39 is 18.0 Å². The fourth-order valence-corrected chi connectivity index (χ4v) is 2.40. The second-order valence-electron chi connectivity index (χ2n) is 4.96. The Kier molecular flexibility index (Phi) is 6.26. The second-order valence-corrected chi connectivity index (χ2v) is 4.96. The summed E-state index contributed by atoms with van der Waals surface area (Å²) in [5, 5.41) is 0. The molecule has 0 fully saturated rings. The Balaban J connectivity index is 2.43. The number of carbonyl (C=O) groups excluding carboxylic acids is 1. The Morgan fingerprint density at radius 2 is 1.65 bits per heavy atom. The van der Waals surface area contributed by atoms with Crippen molar-refractivity contribution < 1.29 is 23.4 Å². The van der Waals surface area contributed by atoms with Crippen molar-refractivity contribution >= 4 is 5.97 Å². The molecule has 23 heavy (non-hydrogen) atoms. The predicted octanol–water partition coefficient (Wildman–Crippen LogP) is 3.44. The van der Waals surface area contributed by atoms with Gasteiger partial charge in [-0.05, 0) is 23.3 Å². The lowest BCUT2D eigenvalue weighted by molar-refractivity contribution is -0.150. The summed E-state index contributed by atoms with van der Waals surface area (Å²) < 4.78 is 28.8. The standard InChI is InChI=1S/C18H19FO4/c1-21-12-23-17(14-8-10-15(19)11-9-14)16(18(20)22-2)13-6-4-3-5-7-13/h3-11,16-17H,12H2,1-2H3/t16-,17+/m1/s1. The van der Waals surface area contributed by atoms with Gasteiger partial charge in [-0.2, -0.15) is 0 Å². The van der Waals surface area contributed by atoms with Crippen LogP contribution in [0.5, 0.6) is 0 Å². The molecule has 0 amide bonds. The van der Waals surface area contributed by atoms with Crippen LogP contribution in [-0.4, -0.2) is 27.0 Å². The minimum atomic E-state index is -0.679. The van der Waals surface area contributed by atoms with E-state index in [4.69, 9.17) is 14.2 Å². The number of halogens is 1. The summed E-state index contributed by atoms with van der Waals surface area (Å²) >= 11 is 0. The monoisotopic (exact) mass is 318 g/mol. The number of methoxy groups -OCH3 is 2. The molecule has 0 spiro atoms. The quantitative estimate of drug-likeness (QED) is 0.579. The van der Waals surface area contributed by atoms with Gasteiger partial charge in [0.25, 0.3) is 0 Å². The maximum atomic E-state index is 13.2. The molecule has 0 radical (unpaired) electrons. The van der Waals surface area contributed by atoms with Crippen molar-refractivity contribution in [1.29, 1.82) is 0 Å². The van der Waals surface area contributed by atoms with E-state index in [1.165, 1.54) is 26.4 Å². The second kappa shape index (κ2) is 8.41. The molecule has 2 rings (SSSR count). The Bertz CT molecular complexity index is 613. The van der Waals surface area contributed by atoms with E-state index in [0.29, 0.717) is 5.56 Å². The molecule has 122 valence electrons. The van der Waals surface area contributed by atoms with E-state index >= 15 is 0 Å². The summed E-state index contributed by atoms with van der Waals surface area (Å²) in [6, 6.07) is 15.0. The lowest BCUT2D eigenvalue weighted by Crippen LogP contribution is -2.24. The van der Waals surface area contributed by atoms with Gasteiger partial charge in [-0.3, -0.25) is 4.79 Å². The van der Waals surface area contributed by atoms with E-state index in [1.54, 1.807) is 12.1 Å². The van der Waals surface area contributed by atoms with Crippen LogP contribution in [0.15, 0.2) is 54.6 Å². The topological polar surface area (TPSA) is 44.8 Å². The Labute approximate surface area is 134 Å². The predicted molar refractivity (Wildman–Crippen MR) is 83.3 cm³/mol. The van der Waals surface area contributed by atoms with Crippen LogP contribution in [0.25, 0.3) is 0 Å². The van der Waals surface area contributed by atoms with Gasteiger partial charge in [0.05, 0.1) is 7.11 Å².